The summed E-state index contributed by atoms with van der Waals surface area (Å²) in [7, 11) is 0. The van der Waals surface area contributed by atoms with Gasteiger partial charge in [-0.2, -0.15) is 5.10 Å². The van der Waals surface area contributed by atoms with Crippen molar-refractivity contribution in [1.82, 2.24) is 4.90 Å². The molecule has 0 unspecified atom stereocenters. The summed E-state index contributed by atoms with van der Waals surface area (Å²) in [6, 6.07) is 16.5. The predicted molar refractivity (Wildman–Crippen MR) is 132 cm³/mol. The molecule has 2 aromatic rings. The monoisotopic (exact) mass is 530 g/mol. The number of ether oxygens (including phenoxy) is 1. The third kappa shape index (κ3) is 3.37. The van der Waals surface area contributed by atoms with Crippen LogP contribution in [0.4, 0.5) is 11.4 Å². The number of anilines is 2. The molecule has 0 spiro atoms. The zero-order valence-corrected chi connectivity index (χ0v) is 20.1. The number of rotatable bonds is 3. The van der Waals surface area contributed by atoms with Gasteiger partial charge in [0.1, 0.15) is 0 Å². The molecule has 0 aromatic heterocycles. The van der Waals surface area contributed by atoms with Gasteiger partial charge >= 0.3 is 0 Å². The molecule has 3 heterocycles. The van der Waals surface area contributed by atoms with Gasteiger partial charge in [0.2, 0.25) is 5.66 Å². The lowest BCUT2D eigenvalue weighted by atomic mass is 9.80. The van der Waals surface area contributed by atoms with E-state index in [1.807, 2.05) is 22.0 Å². The van der Waals surface area contributed by atoms with E-state index in [1.54, 1.807) is 0 Å². The number of nitrogens with zero attached hydrogens (tertiary/aromatic N) is 4. The SMILES string of the molecule is CC1=NN(c2ccc(C)cc2)[C@@]2(N3CCOCC3)C(=O)N(c3ccc(I)cc3)CC[C@@H]12. The van der Waals surface area contributed by atoms with Gasteiger partial charge in [-0.1, -0.05) is 17.7 Å². The number of carbonyl (C=O) groups is 1. The van der Waals surface area contributed by atoms with Crippen LogP contribution in [0, 0.1) is 16.4 Å². The van der Waals surface area contributed by atoms with Crippen LogP contribution in [0.5, 0.6) is 0 Å². The fourth-order valence-corrected chi connectivity index (χ4v) is 5.51. The zero-order valence-electron chi connectivity index (χ0n) is 17.9. The number of hydrogen-bond acceptors (Lipinski definition) is 5. The van der Waals surface area contributed by atoms with Crippen molar-refractivity contribution in [3.63, 3.8) is 0 Å². The van der Waals surface area contributed by atoms with Crippen molar-refractivity contribution >= 4 is 45.6 Å². The number of benzene rings is 2. The normalized spacial score (nSPS) is 26.7. The molecule has 31 heavy (non-hydrogen) atoms. The van der Waals surface area contributed by atoms with Crippen LogP contribution in [-0.2, 0) is 9.53 Å². The summed E-state index contributed by atoms with van der Waals surface area (Å²) in [5.74, 6) is 0.160. The number of hydrogen-bond donors (Lipinski definition) is 0. The Hall–Kier alpha value is -1.97. The second-order valence-corrected chi connectivity index (χ2v) is 9.73. The molecule has 0 saturated carbocycles. The van der Waals surface area contributed by atoms with Crippen molar-refractivity contribution in [2.75, 3.05) is 42.8 Å². The van der Waals surface area contributed by atoms with Crippen molar-refractivity contribution in [3.05, 3.63) is 57.7 Å². The van der Waals surface area contributed by atoms with Crippen LogP contribution in [0.3, 0.4) is 0 Å². The number of halogens is 1. The first kappa shape index (κ1) is 20.9. The van der Waals surface area contributed by atoms with Gasteiger partial charge in [0.05, 0.1) is 18.9 Å². The van der Waals surface area contributed by atoms with E-state index in [0.29, 0.717) is 32.8 Å². The van der Waals surface area contributed by atoms with Crippen LogP contribution in [0.25, 0.3) is 0 Å². The van der Waals surface area contributed by atoms with Crippen molar-refractivity contribution < 1.29 is 9.53 Å². The second kappa shape index (κ2) is 8.18. The highest BCUT2D eigenvalue weighted by atomic mass is 127. The van der Waals surface area contributed by atoms with E-state index in [4.69, 9.17) is 9.84 Å². The minimum atomic E-state index is -0.857. The van der Waals surface area contributed by atoms with Gasteiger partial charge in [0, 0.05) is 40.5 Å². The summed E-state index contributed by atoms with van der Waals surface area (Å²) < 4.78 is 6.82. The molecule has 2 fully saturated rings. The highest BCUT2D eigenvalue weighted by molar-refractivity contribution is 14.1. The second-order valence-electron chi connectivity index (χ2n) is 8.49. The molecule has 5 rings (SSSR count). The Morgan fingerprint density at radius 3 is 2.29 bits per heavy atom. The number of piperidine rings is 1. The van der Waals surface area contributed by atoms with Crippen LogP contribution in [-0.4, -0.2) is 55.0 Å². The fourth-order valence-electron chi connectivity index (χ4n) is 5.15. The third-order valence-electron chi connectivity index (χ3n) is 6.68. The van der Waals surface area contributed by atoms with Gasteiger partial charge in [-0.25, -0.2) is 5.01 Å². The van der Waals surface area contributed by atoms with E-state index in [0.717, 1.165) is 27.1 Å². The lowest BCUT2D eigenvalue weighted by Crippen LogP contribution is -2.74. The van der Waals surface area contributed by atoms with Gasteiger partial charge in [0.15, 0.2) is 0 Å². The maximum atomic E-state index is 14.4. The first-order valence-corrected chi connectivity index (χ1v) is 11.9. The van der Waals surface area contributed by atoms with Gasteiger partial charge < -0.3 is 9.64 Å². The quantitative estimate of drug-likeness (QED) is 0.566. The van der Waals surface area contributed by atoms with Crippen molar-refractivity contribution in [2.45, 2.75) is 25.9 Å². The van der Waals surface area contributed by atoms with Crippen LogP contribution in [0.15, 0.2) is 53.6 Å². The number of hydrazone groups is 1. The molecule has 1 amide bonds. The molecule has 0 radical (unpaired) electrons. The lowest BCUT2D eigenvalue weighted by molar-refractivity contribution is -0.139. The average molecular weight is 530 g/mol. The highest BCUT2D eigenvalue weighted by Crippen LogP contribution is 2.46. The molecule has 2 atom stereocenters. The number of aryl methyl sites for hydroxylation is 1. The first-order chi connectivity index (χ1) is 15.0. The van der Waals surface area contributed by atoms with Gasteiger partial charge in [-0.05, 0) is 79.3 Å². The maximum Gasteiger partial charge on any atom is 0.270 e. The molecule has 162 valence electrons. The van der Waals surface area contributed by atoms with Gasteiger partial charge in [-0.3, -0.25) is 9.69 Å². The van der Waals surface area contributed by atoms with Gasteiger partial charge in [-0.15, -0.1) is 0 Å². The molecule has 2 saturated heterocycles. The zero-order chi connectivity index (χ0) is 21.6. The third-order valence-corrected chi connectivity index (χ3v) is 7.40. The lowest BCUT2D eigenvalue weighted by Gasteiger charge is -2.53. The predicted octanol–water partition coefficient (Wildman–Crippen LogP) is 3.88. The molecule has 7 heteroatoms. The Kier molecular flexibility index (Phi) is 5.52. The van der Waals surface area contributed by atoms with E-state index >= 15 is 0 Å². The molecule has 0 bridgehead atoms. The van der Waals surface area contributed by atoms with E-state index in [1.165, 1.54) is 5.56 Å². The standard InChI is InChI=1S/C24H27IN4O2/c1-17-3-7-21(8-4-17)29-24(27-13-15-31-16-14-27)22(18(2)26-29)11-12-28(23(24)30)20-9-5-19(25)6-10-20/h3-10,22H,11-16H2,1-2H3/t22-,24+/m0/s1. The summed E-state index contributed by atoms with van der Waals surface area (Å²) in [6.07, 6.45) is 0.882. The summed E-state index contributed by atoms with van der Waals surface area (Å²) in [6.45, 7) is 7.54. The molecule has 2 aromatic carbocycles. The smallest absolute Gasteiger partial charge is 0.270 e. The molecule has 3 aliphatic heterocycles. The molecule has 3 aliphatic rings. The van der Waals surface area contributed by atoms with E-state index in [9.17, 15) is 4.79 Å². The minimum absolute atomic E-state index is 0.0551. The molecular weight excluding hydrogens is 503 g/mol. The van der Waals surface area contributed by atoms with Gasteiger partial charge in [0.25, 0.3) is 5.91 Å². The number of fused-ring (bicyclic) bond motifs is 1. The van der Waals surface area contributed by atoms with E-state index < -0.39 is 5.66 Å². The van der Waals surface area contributed by atoms with Crippen molar-refractivity contribution in [3.8, 4) is 0 Å². The highest BCUT2D eigenvalue weighted by Gasteiger charge is 2.63. The Bertz CT molecular complexity index is 1000. The largest absolute Gasteiger partial charge is 0.379 e. The van der Waals surface area contributed by atoms with Crippen LogP contribution < -0.4 is 9.91 Å². The number of carbonyl (C=O) groups excluding carboxylic acids is 1. The van der Waals surface area contributed by atoms with Crippen LogP contribution in [0.2, 0.25) is 0 Å². The molecule has 0 aliphatic carbocycles. The Labute approximate surface area is 197 Å². The van der Waals surface area contributed by atoms with E-state index in [2.05, 4.69) is 77.7 Å². The average Bonchev–Trinajstić information content (AvgIpc) is 3.10. The maximum absolute atomic E-state index is 14.4. The Morgan fingerprint density at radius 2 is 1.61 bits per heavy atom. The Balaban J connectivity index is 1.64. The van der Waals surface area contributed by atoms with E-state index in [-0.39, 0.29) is 11.8 Å². The minimum Gasteiger partial charge on any atom is -0.379 e. The van der Waals surface area contributed by atoms with Crippen LogP contribution in [0.1, 0.15) is 18.9 Å². The topological polar surface area (TPSA) is 48.4 Å². The number of morpholine rings is 1. The molecule has 6 nitrogen and oxygen atoms in total. The van der Waals surface area contributed by atoms with Crippen LogP contribution >= 0.6 is 22.6 Å². The summed E-state index contributed by atoms with van der Waals surface area (Å²) >= 11 is 2.30. The molecular formula is C24H27IN4O2. The number of amides is 1. The summed E-state index contributed by atoms with van der Waals surface area (Å²) in [5.41, 5.74) is 3.27. The Morgan fingerprint density at radius 1 is 0.968 bits per heavy atom. The summed E-state index contributed by atoms with van der Waals surface area (Å²) in [5, 5.41) is 6.99. The van der Waals surface area contributed by atoms with Crippen molar-refractivity contribution in [2.24, 2.45) is 11.0 Å². The molecule has 0 N–H and O–H groups in total. The first-order valence-electron chi connectivity index (χ1n) is 10.8. The summed E-state index contributed by atoms with van der Waals surface area (Å²) in [4.78, 5) is 18.7. The fraction of sp³-hybridized carbons (Fsp3) is 0.417. The van der Waals surface area contributed by atoms with Crippen molar-refractivity contribution in [1.29, 1.82) is 0 Å².